The highest BCUT2D eigenvalue weighted by atomic mass is 32.1. The minimum absolute atomic E-state index is 0.122. The second kappa shape index (κ2) is 5.96. The molecule has 1 aromatic heterocycles. The van der Waals surface area contributed by atoms with Gasteiger partial charge in [0, 0.05) is 30.7 Å². The third-order valence-corrected chi connectivity index (χ3v) is 3.33. The molecule has 5 heteroatoms. The van der Waals surface area contributed by atoms with Gasteiger partial charge in [-0.2, -0.15) is 0 Å². The van der Waals surface area contributed by atoms with Gasteiger partial charge in [-0.25, -0.2) is 4.98 Å². The first-order valence-electron chi connectivity index (χ1n) is 5.38. The summed E-state index contributed by atoms with van der Waals surface area (Å²) in [6, 6.07) is 0.250. The topological polar surface area (TPSA) is 45.2 Å². The lowest BCUT2D eigenvalue weighted by atomic mass is 10.3. The first-order valence-corrected chi connectivity index (χ1v) is 6.20. The maximum Gasteiger partial charge on any atom is 0.236 e. The zero-order chi connectivity index (χ0) is 12.1. The van der Waals surface area contributed by atoms with E-state index in [2.05, 4.69) is 10.3 Å². The molecule has 0 unspecified atom stereocenters. The number of aromatic nitrogens is 1. The van der Waals surface area contributed by atoms with Crippen LogP contribution >= 0.6 is 11.3 Å². The molecule has 0 fully saturated rings. The van der Waals surface area contributed by atoms with Crippen LogP contribution in [0.25, 0.3) is 0 Å². The van der Waals surface area contributed by atoms with Gasteiger partial charge in [-0.3, -0.25) is 4.79 Å². The molecule has 1 heterocycles. The number of rotatable bonds is 5. The van der Waals surface area contributed by atoms with E-state index in [0.717, 1.165) is 9.88 Å². The zero-order valence-electron chi connectivity index (χ0n) is 10.3. The van der Waals surface area contributed by atoms with Gasteiger partial charge in [0.15, 0.2) is 0 Å². The fourth-order valence-electron chi connectivity index (χ4n) is 1.19. The Kier molecular flexibility index (Phi) is 4.89. The normalized spacial score (nSPS) is 10.8. The van der Waals surface area contributed by atoms with E-state index in [1.807, 2.05) is 34.0 Å². The van der Waals surface area contributed by atoms with Crippen LogP contribution in [0.4, 0.5) is 0 Å². The third kappa shape index (κ3) is 3.90. The van der Waals surface area contributed by atoms with Crippen LogP contribution in [0.1, 0.15) is 23.7 Å². The van der Waals surface area contributed by atoms with Gasteiger partial charge in [-0.15, -0.1) is 11.3 Å². The van der Waals surface area contributed by atoms with Crippen molar-refractivity contribution in [3.05, 3.63) is 16.1 Å². The molecule has 1 rings (SSSR count). The minimum Gasteiger partial charge on any atom is -0.342 e. The molecule has 1 amide bonds. The molecule has 0 saturated carbocycles. The second-order valence-corrected chi connectivity index (χ2v) is 5.37. The largest absolute Gasteiger partial charge is 0.342 e. The SMILES string of the molecule is Cc1ncc(CNCC(=O)N(C)C(C)C)s1. The van der Waals surface area contributed by atoms with Crippen molar-refractivity contribution in [1.29, 1.82) is 0 Å². The maximum atomic E-state index is 11.6. The summed E-state index contributed by atoms with van der Waals surface area (Å²) in [6.07, 6.45) is 1.85. The molecule has 1 aromatic rings. The van der Waals surface area contributed by atoms with Crippen molar-refractivity contribution >= 4 is 17.2 Å². The van der Waals surface area contributed by atoms with Crippen molar-refractivity contribution in [2.24, 2.45) is 0 Å². The molecule has 0 saturated heterocycles. The zero-order valence-corrected chi connectivity index (χ0v) is 11.1. The Morgan fingerprint density at radius 1 is 1.62 bits per heavy atom. The first-order chi connectivity index (χ1) is 7.50. The molecule has 0 aliphatic carbocycles. The van der Waals surface area contributed by atoms with Crippen molar-refractivity contribution in [3.8, 4) is 0 Å². The number of carbonyl (C=O) groups excluding carboxylic acids is 1. The Morgan fingerprint density at radius 3 is 2.81 bits per heavy atom. The summed E-state index contributed by atoms with van der Waals surface area (Å²) in [5.41, 5.74) is 0. The first kappa shape index (κ1) is 13.1. The van der Waals surface area contributed by atoms with Crippen LogP contribution in [0.5, 0.6) is 0 Å². The number of likely N-dealkylation sites (N-methyl/N-ethyl adjacent to an activating group) is 1. The van der Waals surface area contributed by atoms with E-state index in [1.165, 1.54) is 0 Å². The number of nitrogens with zero attached hydrogens (tertiary/aromatic N) is 2. The molecular formula is C11H19N3OS. The summed E-state index contributed by atoms with van der Waals surface area (Å²) < 4.78 is 0. The molecule has 16 heavy (non-hydrogen) atoms. The van der Waals surface area contributed by atoms with Crippen LogP contribution < -0.4 is 5.32 Å². The summed E-state index contributed by atoms with van der Waals surface area (Å²) >= 11 is 1.66. The molecule has 0 atom stereocenters. The van der Waals surface area contributed by atoms with Crippen LogP contribution in [0.3, 0.4) is 0 Å². The lowest BCUT2D eigenvalue weighted by Crippen LogP contribution is -2.39. The van der Waals surface area contributed by atoms with Gasteiger partial charge in [0.25, 0.3) is 0 Å². The smallest absolute Gasteiger partial charge is 0.236 e. The van der Waals surface area contributed by atoms with Gasteiger partial charge in [0.2, 0.25) is 5.91 Å². The number of hydrogen-bond acceptors (Lipinski definition) is 4. The van der Waals surface area contributed by atoms with E-state index < -0.39 is 0 Å². The third-order valence-electron chi connectivity index (χ3n) is 2.41. The molecule has 0 bridgehead atoms. The predicted octanol–water partition coefficient (Wildman–Crippen LogP) is 1.41. The van der Waals surface area contributed by atoms with Crippen LogP contribution in [0.15, 0.2) is 6.20 Å². The van der Waals surface area contributed by atoms with Crippen LogP contribution in [-0.4, -0.2) is 35.4 Å². The molecule has 0 aliphatic rings. The highest BCUT2D eigenvalue weighted by Gasteiger charge is 2.10. The summed E-state index contributed by atoms with van der Waals surface area (Å²) in [5, 5.41) is 4.19. The van der Waals surface area contributed by atoms with E-state index in [-0.39, 0.29) is 11.9 Å². The molecule has 0 aliphatic heterocycles. The van der Waals surface area contributed by atoms with E-state index in [0.29, 0.717) is 13.1 Å². The summed E-state index contributed by atoms with van der Waals surface area (Å²) in [4.78, 5) is 18.7. The molecule has 90 valence electrons. The molecule has 1 N–H and O–H groups in total. The van der Waals surface area contributed by atoms with E-state index in [4.69, 9.17) is 0 Å². The van der Waals surface area contributed by atoms with Gasteiger partial charge >= 0.3 is 0 Å². The molecule has 0 radical (unpaired) electrons. The molecule has 0 aromatic carbocycles. The monoisotopic (exact) mass is 241 g/mol. The Morgan fingerprint density at radius 2 is 2.31 bits per heavy atom. The number of nitrogens with one attached hydrogen (secondary N) is 1. The summed E-state index contributed by atoms with van der Waals surface area (Å²) in [5.74, 6) is 0.122. The Hall–Kier alpha value is -0.940. The van der Waals surface area contributed by atoms with E-state index in [1.54, 1.807) is 16.2 Å². The van der Waals surface area contributed by atoms with Gasteiger partial charge in [-0.05, 0) is 20.8 Å². The number of hydrogen-bond donors (Lipinski definition) is 1. The van der Waals surface area contributed by atoms with Crippen molar-refractivity contribution in [2.45, 2.75) is 33.4 Å². The summed E-state index contributed by atoms with van der Waals surface area (Å²) in [7, 11) is 1.82. The predicted molar refractivity (Wildman–Crippen MR) is 66.5 cm³/mol. The Bertz CT molecular complexity index is 349. The van der Waals surface area contributed by atoms with Crippen molar-refractivity contribution < 1.29 is 4.79 Å². The van der Waals surface area contributed by atoms with Crippen LogP contribution in [-0.2, 0) is 11.3 Å². The lowest BCUT2D eigenvalue weighted by molar-refractivity contribution is -0.130. The highest BCUT2D eigenvalue weighted by molar-refractivity contribution is 7.11. The fourth-order valence-corrected chi connectivity index (χ4v) is 1.96. The van der Waals surface area contributed by atoms with E-state index in [9.17, 15) is 4.79 Å². The van der Waals surface area contributed by atoms with Crippen LogP contribution in [0.2, 0.25) is 0 Å². The fraction of sp³-hybridized carbons (Fsp3) is 0.636. The van der Waals surface area contributed by atoms with Gasteiger partial charge < -0.3 is 10.2 Å². The van der Waals surface area contributed by atoms with Crippen molar-refractivity contribution in [1.82, 2.24) is 15.2 Å². The number of amides is 1. The Labute approximate surface area is 101 Å². The Balaban J connectivity index is 2.28. The molecule has 4 nitrogen and oxygen atoms in total. The van der Waals surface area contributed by atoms with E-state index >= 15 is 0 Å². The number of aryl methyl sites for hydroxylation is 1. The van der Waals surface area contributed by atoms with Crippen molar-refractivity contribution in [3.63, 3.8) is 0 Å². The van der Waals surface area contributed by atoms with Crippen LogP contribution in [0, 0.1) is 6.92 Å². The summed E-state index contributed by atoms with van der Waals surface area (Å²) in [6.45, 7) is 7.08. The van der Waals surface area contributed by atoms with Crippen molar-refractivity contribution in [2.75, 3.05) is 13.6 Å². The second-order valence-electron chi connectivity index (χ2n) is 4.05. The quantitative estimate of drug-likeness (QED) is 0.847. The maximum absolute atomic E-state index is 11.6. The van der Waals surface area contributed by atoms with Gasteiger partial charge in [0.05, 0.1) is 11.6 Å². The average molecular weight is 241 g/mol. The lowest BCUT2D eigenvalue weighted by Gasteiger charge is -2.21. The highest BCUT2D eigenvalue weighted by Crippen LogP contribution is 2.10. The van der Waals surface area contributed by atoms with Gasteiger partial charge in [-0.1, -0.05) is 0 Å². The molecular weight excluding hydrogens is 222 g/mol. The minimum atomic E-state index is 0.122. The standard InChI is InChI=1S/C11H19N3OS/c1-8(2)14(4)11(15)7-12-5-10-6-13-9(3)16-10/h6,8,12H,5,7H2,1-4H3. The average Bonchev–Trinajstić information content (AvgIpc) is 2.62. The van der Waals surface area contributed by atoms with Gasteiger partial charge in [0.1, 0.15) is 0 Å². The number of thiazole rings is 1. The molecule has 0 spiro atoms. The number of carbonyl (C=O) groups is 1.